The molecule has 114 valence electrons. The van der Waals surface area contributed by atoms with Crippen LogP contribution >= 0.6 is 27.3 Å². The SMILES string of the molecule is CC(C)(CCO)CNS(=O)(=O)c1cc(C(=O)O)sc1Br. The van der Waals surface area contributed by atoms with E-state index < -0.39 is 16.0 Å². The molecule has 1 aromatic heterocycles. The molecule has 9 heteroatoms. The molecule has 0 fully saturated rings. The van der Waals surface area contributed by atoms with Crippen molar-refractivity contribution < 1.29 is 23.4 Å². The highest BCUT2D eigenvalue weighted by Gasteiger charge is 2.26. The zero-order valence-corrected chi connectivity index (χ0v) is 14.2. The molecule has 6 nitrogen and oxygen atoms in total. The van der Waals surface area contributed by atoms with Crippen LogP contribution in [0.25, 0.3) is 0 Å². The predicted molar refractivity (Wildman–Crippen MR) is 79.7 cm³/mol. The summed E-state index contributed by atoms with van der Waals surface area (Å²) in [6.07, 6.45) is 0.459. The van der Waals surface area contributed by atoms with Gasteiger partial charge in [0.1, 0.15) is 9.77 Å². The maximum Gasteiger partial charge on any atom is 0.345 e. The summed E-state index contributed by atoms with van der Waals surface area (Å²) in [6.45, 7) is 3.79. The molecule has 1 rings (SSSR count). The fraction of sp³-hybridized carbons (Fsp3) is 0.545. The maximum absolute atomic E-state index is 12.1. The largest absolute Gasteiger partial charge is 0.477 e. The molecule has 0 aliphatic carbocycles. The van der Waals surface area contributed by atoms with Gasteiger partial charge in [-0.2, -0.15) is 0 Å². The van der Waals surface area contributed by atoms with Crippen LogP contribution in [0.1, 0.15) is 29.9 Å². The zero-order valence-electron chi connectivity index (χ0n) is 11.0. The number of nitrogens with one attached hydrogen (secondary N) is 1. The van der Waals surface area contributed by atoms with E-state index in [0.717, 1.165) is 17.4 Å². The van der Waals surface area contributed by atoms with Crippen LogP contribution < -0.4 is 4.72 Å². The first-order valence-electron chi connectivity index (χ1n) is 5.72. The standard InChI is InChI=1S/C11H16BrNO5S2/c1-11(2,3-4-14)6-13-20(17,18)8-5-7(10(15)16)19-9(8)12/h5,13-14H,3-4,6H2,1-2H3,(H,15,16). The van der Waals surface area contributed by atoms with Gasteiger partial charge in [-0.15, -0.1) is 11.3 Å². The van der Waals surface area contributed by atoms with Gasteiger partial charge in [-0.25, -0.2) is 17.9 Å². The lowest BCUT2D eigenvalue weighted by molar-refractivity contribution is 0.0702. The highest BCUT2D eigenvalue weighted by atomic mass is 79.9. The number of carboxylic acids is 1. The Kier molecular flexibility index (Phi) is 5.73. The Morgan fingerprint density at radius 3 is 2.55 bits per heavy atom. The Hall–Kier alpha value is -0.480. The lowest BCUT2D eigenvalue weighted by atomic mass is 9.90. The van der Waals surface area contributed by atoms with E-state index in [1.54, 1.807) is 0 Å². The van der Waals surface area contributed by atoms with Crippen molar-refractivity contribution in [3.63, 3.8) is 0 Å². The molecular weight excluding hydrogens is 370 g/mol. The van der Waals surface area contributed by atoms with Crippen LogP contribution in [0.2, 0.25) is 0 Å². The van der Waals surface area contributed by atoms with Crippen molar-refractivity contribution in [2.45, 2.75) is 25.2 Å². The Balaban J connectivity index is 2.92. The number of halogens is 1. The van der Waals surface area contributed by atoms with Crippen molar-refractivity contribution >= 4 is 43.3 Å². The molecule has 0 bridgehead atoms. The van der Waals surface area contributed by atoms with Crippen LogP contribution in [0, 0.1) is 5.41 Å². The van der Waals surface area contributed by atoms with Crippen molar-refractivity contribution in [2.24, 2.45) is 5.41 Å². The second-order valence-electron chi connectivity index (χ2n) is 5.02. The van der Waals surface area contributed by atoms with Crippen LogP contribution in [0.4, 0.5) is 0 Å². The topological polar surface area (TPSA) is 104 Å². The van der Waals surface area contributed by atoms with Gasteiger partial charge in [0.2, 0.25) is 10.0 Å². The maximum atomic E-state index is 12.1. The van der Waals surface area contributed by atoms with Gasteiger partial charge in [0.05, 0.1) is 3.79 Å². The Morgan fingerprint density at radius 1 is 1.50 bits per heavy atom. The first-order valence-corrected chi connectivity index (χ1v) is 8.81. The molecule has 1 heterocycles. The van der Waals surface area contributed by atoms with Crippen molar-refractivity contribution in [3.8, 4) is 0 Å². The van der Waals surface area contributed by atoms with Crippen LogP contribution in [-0.2, 0) is 10.0 Å². The Morgan fingerprint density at radius 2 is 2.10 bits per heavy atom. The normalized spacial score (nSPS) is 12.6. The third-order valence-corrected chi connectivity index (χ3v) is 6.33. The van der Waals surface area contributed by atoms with E-state index in [2.05, 4.69) is 20.7 Å². The van der Waals surface area contributed by atoms with E-state index in [-0.39, 0.29) is 32.1 Å². The summed E-state index contributed by atoms with van der Waals surface area (Å²) in [5, 5.41) is 17.8. The molecule has 0 amide bonds. The minimum atomic E-state index is -3.79. The molecule has 1 aromatic rings. The van der Waals surface area contributed by atoms with E-state index in [0.29, 0.717) is 6.42 Å². The third kappa shape index (κ3) is 4.52. The smallest absolute Gasteiger partial charge is 0.345 e. The summed E-state index contributed by atoms with van der Waals surface area (Å²) in [5.41, 5.74) is -0.389. The fourth-order valence-electron chi connectivity index (χ4n) is 1.40. The zero-order chi connectivity index (χ0) is 15.6. The van der Waals surface area contributed by atoms with Crippen molar-refractivity contribution in [3.05, 3.63) is 14.7 Å². The van der Waals surface area contributed by atoms with Gasteiger partial charge < -0.3 is 10.2 Å². The molecule has 0 atom stereocenters. The number of hydrogen-bond acceptors (Lipinski definition) is 5. The van der Waals surface area contributed by atoms with Gasteiger partial charge in [-0.05, 0) is 33.8 Å². The van der Waals surface area contributed by atoms with Gasteiger partial charge in [0.25, 0.3) is 0 Å². The molecule has 20 heavy (non-hydrogen) atoms. The molecule has 0 saturated heterocycles. The molecular formula is C11H16BrNO5S2. The summed E-state index contributed by atoms with van der Waals surface area (Å²) in [4.78, 5) is 10.7. The number of aliphatic hydroxyl groups excluding tert-OH is 1. The lowest BCUT2D eigenvalue weighted by Crippen LogP contribution is -2.34. The van der Waals surface area contributed by atoms with E-state index in [9.17, 15) is 13.2 Å². The number of carboxylic acid groups (broad SMARTS) is 1. The Bertz CT molecular complexity index is 594. The van der Waals surface area contributed by atoms with E-state index in [1.165, 1.54) is 0 Å². The lowest BCUT2D eigenvalue weighted by Gasteiger charge is -2.23. The van der Waals surface area contributed by atoms with Crippen molar-refractivity contribution in [2.75, 3.05) is 13.2 Å². The summed E-state index contributed by atoms with van der Waals surface area (Å²) < 4.78 is 27.0. The number of rotatable bonds is 7. The van der Waals surface area contributed by atoms with Crippen LogP contribution in [0.3, 0.4) is 0 Å². The predicted octanol–water partition coefficient (Wildman–Crippen LogP) is 1.90. The minimum absolute atomic E-state index is 0.0277. The number of thiophene rings is 1. The monoisotopic (exact) mass is 385 g/mol. The molecule has 0 saturated carbocycles. The molecule has 0 aromatic carbocycles. The van der Waals surface area contributed by atoms with Crippen molar-refractivity contribution in [1.82, 2.24) is 4.72 Å². The van der Waals surface area contributed by atoms with Gasteiger partial charge >= 0.3 is 5.97 Å². The van der Waals surface area contributed by atoms with Gasteiger partial charge in [0.15, 0.2) is 0 Å². The summed E-state index contributed by atoms with van der Waals surface area (Å²) >= 11 is 3.92. The van der Waals surface area contributed by atoms with Crippen LogP contribution in [-0.4, -0.2) is 37.8 Å². The fourth-order valence-corrected chi connectivity index (χ4v) is 5.04. The highest BCUT2D eigenvalue weighted by molar-refractivity contribution is 9.11. The summed E-state index contributed by atoms with van der Waals surface area (Å²) in [6, 6.07) is 1.12. The number of carbonyl (C=O) groups is 1. The second kappa shape index (κ2) is 6.52. The number of aliphatic hydroxyl groups is 1. The average molecular weight is 386 g/mol. The third-order valence-electron chi connectivity index (χ3n) is 2.69. The molecule has 0 aliphatic heterocycles. The second-order valence-corrected chi connectivity index (χ2v) is 9.12. The first kappa shape index (κ1) is 17.6. The number of aromatic carboxylic acids is 1. The van der Waals surface area contributed by atoms with Crippen LogP contribution in [0.5, 0.6) is 0 Å². The molecule has 0 unspecified atom stereocenters. The average Bonchev–Trinajstić information content (AvgIpc) is 2.70. The van der Waals surface area contributed by atoms with Gasteiger partial charge in [-0.3, -0.25) is 0 Å². The van der Waals surface area contributed by atoms with Crippen molar-refractivity contribution in [1.29, 1.82) is 0 Å². The molecule has 0 spiro atoms. The summed E-state index contributed by atoms with van der Waals surface area (Å²) in [5.74, 6) is -1.17. The quantitative estimate of drug-likeness (QED) is 0.664. The molecule has 0 aliphatic rings. The summed E-state index contributed by atoms with van der Waals surface area (Å²) in [7, 11) is -3.79. The Labute approximate surface area is 130 Å². The first-order chi connectivity index (χ1) is 9.09. The van der Waals surface area contributed by atoms with Gasteiger partial charge in [-0.1, -0.05) is 13.8 Å². The molecule has 0 radical (unpaired) electrons. The highest BCUT2D eigenvalue weighted by Crippen LogP contribution is 2.32. The molecule has 3 N–H and O–H groups in total. The number of hydrogen-bond donors (Lipinski definition) is 3. The van der Waals surface area contributed by atoms with Gasteiger partial charge in [0, 0.05) is 13.2 Å². The van der Waals surface area contributed by atoms with E-state index in [1.807, 2.05) is 13.8 Å². The van der Waals surface area contributed by atoms with E-state index in [4.69, 9.17) is 10.2 Å². The van der Waals surface area contributed by atoms with E-state index >= 15 is 0 Å². The minimum Gasteiger partial charge on any atom is -0.477 e. The van der Waals surface area contributed by atoms with Crippen LogP contribution in [0.15, 0.2) is 14.7 Å². The number of sulfonamides is 1.